The van der Waals surface area contributed by atoms with E-state index in [1.54, 1.807) is 6.07 Å². The first kappa shape index (κ1) is 10.5. The lowest BCUT2D eigenvalue weighted by molar-refractivity contribution is 0.0593. The second-order valence-electron chi connectivity index (χ2n) is 2.51. The quantitative estimate of drug-likeness (QED) is 0.709. The molecule has 0 aliphatic carbocycles. The van der Waals surface area contributed by atoms with Gasteiger partial charge in [0.1, 0.15) is 0 Å². The molecule has 76 valence electrons. The minimum absolute atomic E-state index is 0.154. The fourth-order valence-corrected chi connectivity index (χ4v) is 0.985. The second kappa shape index (κ2) is 4.57. The van der Waals surface area contributed by atoms with Gasteiger partial charge in [-0.3, -0.25) is 0 Å². The van der Waals surface area contributed by atoms with Gasteiger partial charge in [-0.15, -0.1) is 0 Å². The number of carbonyl (C=O) groups excluding carboxylic acids is 1. The van der Waals surface area contributed by atoms with Crippen LogP contribution in [0.3, 0.4) is 0 Å². The van der Waals surface area contributed by atoms with Gasteiger partial charge in [-0.1, -0.05) is 0 Å². The fourth-order valence-electron chi connectivity index (χ4n) is 0.985. The predicted molar refractivity (Wildman–Crippen MR) is 48.1 cm³/mol. The van der Waals surface area contributed by atoms with Gasteiger partial charge in [0.15, 0.2) is 5.69 Å². The van der Waals surface area contributed by atoms with Crippen LogP contribution >= 0.6 is 0 Å². The number of rotatable bonds is 3. The number of ether oxygens (including phenoxy) is 2. The Balaban J connectivity index is 3.07. The summed E-state index contributed by atoms with van der Waals surface area (Å²) in [5.41, 5.74) is 0.682. The molecule has 0 spiro atoms. The van der Waals surface area contributed by atoms with Crippen LogP contribution in [-0.4, -0.2) is 30.3 Å². The van der Waals surface area contributed by atoms with E-state index >= 15 is 0 Å². The Hall–Kier alpha value is -1.62. The first-order chi connectivity index (χ1) is 6.72. The van der Waals surface area contributed by atoms with Gasteiger partial charge in [0, 0.05) is 5.56 Å². The Kier molecular flexibility index (Phi) is 3.41. The van der Waals surface area contributed by atoms with E-state index in [0.29, 0.717) is 5.56 Å². The van der Waals surface area contributed by atoms with Gasteiger partial charge < -0.3 is 14.6 Å². The molecule has 0 saturated carbocycles. The summed E-state index contributed by atoms with van der Waals surface area (Å²) in [6.07, 6.45) is 0. The van der Waals surface area contributed by atoms with Crippen molar-refractivity contribution in [1.29, 1.82) is 0 Å². The van der Waals surface area contributed by atoms with Crippen LogP contribution in [0.15, 0.2) is 12.1 Å². The molecule has 14 heavy (non-hydrogen) atoms. The van der Waals surface area contributed by atoms with Crippen LogP contribution in [0, 0.1) is 0 Å². The molecular weight excluding hydrogens is 186 g/mol. The van der Waals surface area contributed by atoms with E-state index < -0.39 is 5.97 Å². The molecule has 0 aromatic carbocycles. The van der Waals surface area contributed by atoms with Crippen molar-refractivity contribution in [3.8, 4) is 5.88 Å². The molecular formula is C9H11NO4. The van der Waals surface area contributed by atoms with Crippen LogP contribution in [0.1, 0.15) is 16.1 Å². The van der Waals surface area contributed by atoms with Crippen LogP contribution in [0.25, 0.3) is 0 Å². The highest BCUT2D eigenvalue weighted by Crippen LogP contribution is 2.15. The van der Waals surface area contributed by atoms with Gasteiger partial charge in [-0.25, -0.2) is 9.78 Å². The van der Waals surface area contributed by atoms with E-state index in [1.165, 1.54) is 20.3 Å². The summed E-state index contributed by atoms with van der Waals surface area (Å²) in [4.78, 5) is 15.0. The monoisotopic (exact) mass is 197 g/mol. The molecule has 0 bridgehead atoms. The highest BCUT2D eigenvalue weighted by molar-refractivity contribution is 5.87. The van der Waals surface area contributed by atoms with Crippen LogP contribution in [0.4, 0.5) is 0 Å². The van der Waals surface area contributed by atoms with Gasteiger partial charge in [0.05, 0.1) is 20.8 Å². The van der Waals surface area contributed by atoms with Crippen LogP contribution in [0.2, 0.25) is 0 Å². The van der Waals surface area contributed by atoms with Gasteiger partial charge in [0.25, 0.3) is 0 Å². The van der Waals surface area contributed by atoms with Crippen molar-refractivity contribution in [3.63, 3.8) is 0 Å². The summed E-state index contributed by atoms with van der Waals surface area (Å²) in [5, 5.41) is 8.90. The first-order valence-electron chi connectivity index (χ1n) is 3.96. The molecule has 0 fully saturated rings. The number of nitrogens with zero attached hydrogens (tertiary/aromatic N) is 1. The van der Waals surface area contributed by atoms with Crippen LogP contribution in [-0.2, 0) is 11.3 Å². The number of aliphatic hydroxyl groups is 1. The number of aromatic nitrogens is 1. The van der Waals surface area contributed by atoms with Crippen molar-refractivity contribution in [2.45, 2.75) is 6.61 Å². The largest absolute Gasteiger partial charge is 0.481 e. The molecule has 1 N–H and O–H groups in total. The minimum atomic E-state index is -0.534. The number of methoxy groups -OCH3 is 2. The van der Waals surface area contributed by atoms with Gasteiger partial charge >= 0.3 is 5.97 Å². The smallest absolute Gasteiger partial charge is 0.356 e. The summed E-state index contributed by atoms with van der Waals surface area (Å²) < 4.78 is 9.38. The van der Waals surface area contributed by atoms with Crippen LogP contribution in [0.5, 0.6) is 5.88 Å². The second-order valence-corrected chi connectivity index (χ2v) is 2.51. The number of pyridine rings is 1. The lowest BCUT2D eigenvalue weighted by Crippen LogP contribution is -2.06. The molecule has 0 saturated heterocycles. The van der Waals surface area contributed by atoms with Crippen molar-refractivity contribution in [2.75, 3.05) is 14.2 Å². The van der Waals surface area contributed by atoms with E-state index in [-0.39, 0.29) is 18.2 Å². The van der Waals surface area contributed by atoms with E-state index in [4.69, 9.17) is 9.84 Å². The zero-order valence-electron chi connectivity index (χ0n) is 7.98. The summed E-state index contributed by atoms with van der Waals surface area (Å²) in [6, 6.07) is 3.04. The summed E-state index contributed by atoms with van der Waals surface area (Å²) in [5.74, 6) is -0.303. The number of aliphatic hydroxyl groups excluding tert-OH is 1. The highest BCUT2D eigenvalue weighted by Gasteiger charge is 2.11. The summed E-state index contributed by atoms with van der Waals surface area (Å²) >= 11 is 0. The molecule has 1 aromatic rings. The number of hydrogen-bond donors (Lipinski definition) is 1. The maximum Gasteiger partial charge on any atom is 0.356 e. The standard InChI is InChI=1S/C9H11NO4/c1-13-8-6(5-11)3-4-7(10-8)9(12)14-2/h3-4,11H,5H2,1-2H3. The lowest BCUT2D eigenvalue weighted by Gasteiger charge is -2.06. The van der Waals surface area contributed by atoms with Gasteiger partial charge in [-0.2, -0.15) is 0 Å². The number of hydrogen-bond acceptors (Lipinski definition) is 5. The molecule has 1 heterocycles. The predicted octanol–water partition coefficient (Wildman–Crippen LogP) is 0.369. The molecule has 0 amide bonds. The van der Waals surface area contributed by atoms with Crippen molar-refractivity contribution in [3.05, 3.63) is 23.4 Å². The molecule has 0 aliphatic rings. The highest BCUT2D eigenvalue weighted by atomic mass is 16.5. The lowest BCUT2D eigenvalue weighted by atomic mass is 10.2. The summed E-state index contributed by atoms with van der Waals surface area (Å²) in [7, 11) is 2.69. The Labute approximate surface area is 81.3 Å². The molecule has 0 aliphatic heterocycles. The molecule has 5 heteroatoms. The molecule has 0 unspecified atom stereocenters. The van der Waals surface area contributed by atoms with E-state index in [0.717, 1.165) is 0 Å². The summed E-state index contributed by atoms with van der Waals surface area (Å²) in [6.45, 7) is -0.183. The molecule has 1 rings (SSSR count). The minimum Gasteiger partial charge on any atom is -0.481 e. The molecule has 5 nitrogen and oxygen atoms in total. The maximum absolute atomic E-state index is 11.1. The number of carbonyl (C=O) groups is 1. The van der Waals surface area contributed by atoms with Gasteiger partial charge in [0.2, 0.25) is 5.88 Å². The third-order valence-electron chi connectivity index (χ3n) is 1.70. The van der Waals surface area contributed by atoms with E-state index in [1.807, 2.05) is 0 Å². The number of esters is 1. The zero-order chi connectivity index (χ0) is 10.6. The first-order valence-corrected chi connectivity index (χ1v) is 3.96. The molecule has 0 radical (unpaired) electrons. The van der Waals surface area contributed by atoms with Crippen molar-refractivity contribution < 1.29 is 19.4 Å². The van der Waals surface area contributed by atoms with Crippen LogP contribution < -0.4 is 4.74 Å². The average molecular weight is 197 g/mol. The topological polar surface area (TPSA) is 68.7 Å². The fraction of sp³-hybridized carbons (Fsp3) is 0.333. The maximum atomic E-state index is 11.1. The zero-order valence-corrected chi connectivity index (χ0v) is 7.98. The van der Waals surface area contributed by atoms with Gasteiger partial charge in [-0.05, 0) is 12.1 Å². The van der Waals surface area contributed by atoms with E-state index in [2.05, 4.69) is 9.72 Å². The van der Waals surface area contributed by atoms with E-state index in [9.17, 15) is 4.79 Å². The van der Waals surface area contributed by atoms with Crippen molar-refractivity contribution >= 4 is 5.97 Å². The Morgan fingerprint density at radius 2 is 2.21 bits per heavy atom. The SMILES string of the molecule is COC(=O)c1ccc(CO)c(OC)n1. The molecule has 1 aromatic heterocycles. The Morgan fingerprint density at radius 1 is 1.50 bits per heavy atom. The normalized spacial score (nSPS) is 9.64. The van der Waals surface area contributed by atoms with Crippen molar-refractivity contribution in [2.24, 2.45) is 0 Å². The Morgan fingerprint density at radius 3 is 2.71 bits per heavy atom. The Bertz CT molecular complexity index is 338. The third kappa shape index (κ3) is 2.00. The molecule has 0 atom stereocenters. The average Bonchev–Trinajstić information content (AvgIpc) is 2.26. The van der Waals surface area contributed by atoms with Crippen molar-refractivity contribution in [1.82, 2.24) is 4.98 Å². The third-order valence-corrected chi connectivity index (χ3v) is 1.70.